The minimum Gasteiger partial charge on any atom is -0.192 e. The third kappa shape index (κ3) is 2.36. The lowest BCUT2D eigenvalue weighted by Gasteiger charge is -2.19. The van der Waals surface area contributed by atoms with E-state index in [0.717, 1.165) is 22.4 Å². The van der Waals surface area contributed by atoms with Crippen LogP contribution >= 0.6 is 0 Å². The summed E-state index contributed by atoms with van der Waals surface area (Å²) in [6.45, 7) is 4.13. The summed E-state index contributed by atoms with van der Waals surface area (Å²) in [7, 11) is 0. The highest BCUT2D eigenvalue weighted by atomic mass is 15.2. The van der Waals surface area contributed by atoms with Crippen LogP contribution in [-0.4, -0.2) is 5.54 Å². The van der Waals surface area contributed by atoms with Crippen molar-refractivity contribution in [1.82, 2.24) is 0 Å². The average molecular weight is 273 g/mol. The van der Waals surface area contributed by atoms with Crippen molar-refractivity contribution in [1.29, 1.82) is 5.26 Å². The molecule has 1 heterocycles. The number of azo groups is 1. The van der Waals surface area contributed by atoms with Gasteiger partial charge >= 0.3 is 0 Å². The zero-order valence-corrected chi connectivity index (χ0v) is 12.0. The third-order valence-corrected chi connectivity index (χ3v) is 3.60. The van der Waals surface area contributed by atoms with Crippen LogP contribution in [0.1, 0.15) is 30.5 Å². The smallest absolute Gasteiger partial charge is 0.104 e. The Kier molecular flexibility index (Phi) is 3.15. The molecule has 0 aliphatic carbocycles. The van der Waals surface area contributed by atoms with E-state index in [2.05, 4.69) is 42.3 Å². The third-order valence-electron chi connectivity index (χ3n) is 3.60. The van der Waals surface area contributed by atoms with Gasteiger partial charge in [0.05, 0.1) is 17.3 Å². The Bertz CT molecular complexity index is 760. The van der Waals surface area contributed by atoms with E-state index in [1.165, 1.54) is 0 Å². The molecule has 3 nitrogen and oxygen atoms in total. The molecule has 0 atom stereocenters. The Morgan fingerprint density at radius 2 is 1.57 bits per heavy atom. The molecule has 0 aromatic heterocycles. The van der Waals surface area contributed by atoms with E-state index in [4.69, 9.17) is 5.26 Å². The van der Waals surface area contributed by atoms with Crippen LogP contribution in [-0.2, 0) is 0 Å². The van der Waals surface area contributed by atoms with Gasteiger partial charge in [0.25, 0.3) is 0 Å². The van der Waals surface area contributed by atoms with Crippen molar-refractivity contribution in [2.45, 2.75) is 19.4 Å². The van der Waals surface area contributed by atoms with Gasteiger partial charge in [-0.25, -0.2) is 0 Å². The Labute approximate surface area is 124 Å². The largest absolute Gasteiger partial charge is 0.192 e. The monoisotopic (exact) mass is 273 g/mol. The Balaban J connectivity index is 2.16. The normalized spacial score (nSPS) is 16.0. The fourth-order valence-electron chi connectivity index (χ4n) is 2.56. The van der Waals surface area contributed by atoms with Gasteiger partial charge in [0.15, 0.2) is 0 Å². The zero-order valence-electron chi connectivity index (χ0n) is 12.0. The number of rotatable bonds is 2. The van der Waals surface area contributed by atoms with Gasteiger partial charge in [-0.3, -0.25) is 0 Å². The highest BCUT2D eigenvalue weighted by molar-refractivity contribution is 5.95. The lowest BCUT2D eigenvalue weighted by Crippen LogP contribution is -2.16. The average Bonchev–Trinajstić information content (AvgIpc) is 2.83. The topological polar surface area (TPSA) is 48.5 Å². The molecule has 2 aromatic carbocycles. The Morgan fingerprint density at radius 3 is 2.19 bits per heavy atom. The predicted octanol–water partition coefficient (Wildman–Crippen LogP) is 4.67. The van der Waals surface area contributed by atoms with Crippen LogP contribution in [0.5, 0.6) is 0 Å². The molecule has 3 rings (SSSR count). The number of nitriles is 1. The zero-order chi connectivity index (χ0) is 14.9. The Morgan fingerprint density at radius 1 is 0.905 bits per heavy atom. The molecule has 21 heavy (non-hydrogen) atoms. The van der Waals surface area contributed by atoms with Crippen molar-refractivity contribution in [2.75, 3.05) is 0 Å². The molecular weight excluding hydrogens is 258 g/mol. The fourth-order valence-corrected chi connectivity index (χ4v) is 2.56. The van der Waals surface area contributed by atoms with Gasteiger partial charge < -0.3 is 0 Å². The second-order valence-corrected chi connectivity index (χ2v) is 5.54. The molecule has 0 bridgehead atoms. The van der Waals surface area contributed by atoms with Crippen molar-refractivity contribution in [2.24, 2.45) is 10.2 Å². The van der Waals surface area contributed by atoms with E-state index >= 15 is 0 Å². The summed E-state index contributed by atoms with van der Waals surface area (Å²) in [5, 5.41) is 17.7. The van der Waals surface area contributed by atoms with Gasteiger partial charge in [0.2, 0.25) is 0 Å². The minimum absolute atomic E-state index is 0.343. The second kappa shape index (κ2) is 4.99. The van der Waals surface area contributed by atoms with E-state index in [1.807, 2.05) is 42.5 Å². The fraction of sp³-hybridized carbons (Fsp3) is 0.167. The number of hydrogen-bond donors (Lipinski definition) is 0. The van der Waals surface area contributed by atoms with Crippen molar-refractivity contribution in [3.8, 4) is 6.07 Å². The van der Waals surface area contributed by atoms with Crippen LogP contribution in [0, 0.1) is 11.3 Å². The van der Waals surface area contributed by atoms with Crippen molar-refractivity contribution >= 4 is 11.3 Å². The minimum atomic E-state index is -0.343. The molecule has 0 fully saturated rings. The molecule has 2 aromatic rings. The van der Waals surface area contributed by atoms with Crippen LogP contribution in [0.4, 0.5) is 0 Å². The molecule has 3 heteroatoms. The summed E-state index contributed by atoms with van der Waals surface area (Å²) in [5.41, 5.74) is 4.43. The summed E-state index contributed by atoms with van der Waals surface area (Å²) >= 11 is 0. The molecule has 1 aliphatic rings. The lowest BCUT2D eigenvalue weighted by atomic mass is 9.87. The molecule has 0 spiro atoms. The maximum atomic E-state index is 8.90. The summed E-state index contributed by atoms with van der Waals surface area (Å²) in [6.07, 6.45) is 0. The first-order chi connectivity index (χ1) is 10.1. The van der Waals surface area contributed by atoms with Gasteiger partial charge in [0.1, 0.15) is 5.54 Å². The van der Waals surface area contributed by atoms with Crippen molar-refractivity contribution in [3.05, 3.63) is 71.3 Å². The van der Waals surface area contributed by atoms with Crippen molar-refractivity contribution < 1.29 is 0 Å². The van der Waals surface area contributed by atoms with Gasteiger partial charge in [-0.15, -0.1) is 0 Å². The second-order valence-electron chi connectivity index (χ2n) is 5.54. The molecular formula is C18H15N3. The van der Waals surface area contributed by atoms with Gasteiger partial charge in [-0.05, 0) is 31.5 Å². The molecule has 0 amide bonds. The molecule has 0 unspecified atom stereocenters. The van der Waals surface area contributed by atoms with Gasteiger partial charge in [-0.2, -0.15) is 15.5 Å². The molecule has 0 radical (unpaired) electrons. The van der Waals surface area contributed by atoms with Crippen LogP contribution in [0.15, 0.2) is 64.8 Å². The summed E-state index contributed by atoms with van der Waals surface area (Å²) in [4.78, 5) is 0. The van der Waals surface area contributed by atoms with Crippen molar-refractivity contribution in [3.63, 3.8) is 0 Å². The van der Waals surface area contributed by atoms with Crippen LogP contribution in [0.25, 0.3) is 11.3 Å². The summed E-state index contributed by atoms with van der Waals surface area (Å²) < 4.78 is 0. The quantitative estimate of drug-likeness (QED) is 0.784. The molecule has 0 saturated carbocycles. The predicted molar refractivity (Wildman–Crippen MR) is 83.3 cm³/mol. The highest BCUT2D eigenvalue weighted by Gasteiger charge is 2.32. The number of hydrogen-bond acceptors (Lipinski definition) is 3. The molecule has 102 valence electrons. The SMILES string of the molecule is CC1(C)N=NC(c2ccc(C#N)cc2)=C1c1ccccc1. The lowest BCUT2D eigenvalue weighted by molar-refractivity contribution is 0.661. The summed E-state index contributed by atoms with van der Waals surface area (Å²) in [5.74, 6) is 0. The molecule has 0 saturated heterocycles. The Hall–Kier alpha value is -2.73. The maximum Gasteiger partial charge on any atom is 0.104 e. The van der Waals surface area contributed by atoms with E-state index < -0.39 is 0 Å². The first-order valence-corrected chi connectivity index (χ1v) is 6.85. The number of nitrogens with zero attached hydrogens (tertiary/aromatic N) is 3. The first kappa shape index (κ1) is 13.3. The van der Waals surface area contributed by atoms with E-state index in [-0.39, 0.29) is 5.54 Å². The van der Waals surface area contributed by atoms with Gasteiger partial charge in [-0.1, -0.05) is 42.5 Å². The van der Waals surface area contributed by atoms with E-state index in [0.29, 0.717) is 5.56 Å². The standard InChI is InChI=1S/C18H15N3/c1-18(2)16(14-6-4-3-5-7-14)17(20-21-18)15-10-8-13(12-19)9-11-15/h3-11H,1-2H3. The van der Waals surface area contributed by atoms with Crippen LogP contribution in [0.3, 0.4) is 0 Å². The van der Waals surface area contributed by atoms with Crippen LogP contribution in [0.2, 0.25) is 0 Å². The number of benzene rings is 2. The van der Waals surface area contributed by atoms with E-state index in [1.54, 1.807) is 0 Å². The van der Waals surface area contributed by atoms with Crippen LogP contribution < -0.4 is 0 Å². The highest BCUT2D eigenvalue weighted by Crippen LogP contribution is 2.42. The molecule has 1 aliphatic heterocycles. The maximum absolute atomic E-state index is 8.90. The van der Waals surface area contributed by atoms with Gasteiger partial charge in [0, 0.05) is 11.1 Å². The first-order valence-electron chi connectivity index (χ1n) is 6.85. The van der Waals surface area contributed by atoms with E-state index in [9.17, 15) is 0 Å². The molecule has 0 N–H and O–H groups in total. The summed E-state index contributed by atoms with van der Waals surface area (Å²) in [6, 6.07) is 19.8.